The number of unbranched alkanes of at least 4 members (excludes halogenated alkanes) is 1. The number of hydrogen-bond acceptors (Lipinski definition) is 3. The Hall–Kier alpha value is -0.610. The van der Waals surface area contributed by atoms with Gasteiger partial charge in [0.25, 0.3) is 0 Å². The summed E-state index contributed by atoms with van der Waals surface area (Å²) in [4.78, 5) is 13.9. The van der Waals surface area contributed by atoms with Crippen molar-refractivity contribution in [3.8, 4) is 0 Å². The van der Waals surface area contributed by atoms with Crippen LogP contribution in [0.4, 0.5) is 0 Å². The fourth-order valence-corrected chi connectivity index (χ4v) is 1.77. The molecule has 0 radical (unpaired) electrons. The van der Waals surface area contributed by atoms with E-state index in [1.807, 2.05) is 0 Å². The molecule has 1 saturated carbocycles. The molecule has 1 rings (SSSR count). The third-order valence-corrected chi connectivity index (χ3v) is 2.91. The van der Waals surface area contributed by atoms with Gasteiger partial charge in [-0.2, -0.15) is 0 Å². The maximum atomic E-state index is 11.6. The van der Waals surface area contributed by atoms with Gasteiger partial charge in [0.2, 0.25) is 5.91 Å². The summed E-state index contributed by atoms with van der Waals surface area (Å²) in [6.07, 6.45) is 5.66. The maximum Gasteiger partial charge on any atom is 0.234 e. The quantitative estimate of drug-likeness (QED) is 0.571. The Kier molecular flexibility index (Phi) is 6.42. The zero-order chi connectivity index (χ0) is 11.8. The lowest BCUT2D eigenvalue weighted by molar-refractivity contribution is -0.122. The predicted molar refractivity (Wildman–Crippen MR) is 66.2 cm³/mol. The normalized spacial score (nSPS) is 15.4. The Morgan fingerprint density at radius 1 is 1.44 bits per heavy atom. The van der Waals surface area contributed by atoms with Crippen LogP contribution in [0.15, 0.2) is 0 Å². The molecule has 0 unspecified atom stereocenters. The van der Waals surface area contributed by atoms with Gasteiger partial charge < -0.3 is 11.1 Å². The topological polar surface area (TPSA) is 58.4 Å². The number of rotatable bonds is 9. The second kappa shape index (κ2) is 7.63. The first-order chi connectivity index (χ1) is 7.77. The monoisotopic (exact) mass is 227 g/mol. The van der Waals surface area contributed by atoms with Gasteiger partial charge in [0.1, 0.15) is 0 Å². The van der Waals surface area contributed by atoms with Gasteiger partial charge in [-0.15, -0.1) is 0 Å². The second-order valence-corrected chi connectivity index (χ2v) is 4.55. The Bertz CT molecular complexity index is 204. The SMILES string of the molecule is CCCCNC(=O)CN(CCCN)C1CC1. The van der Waals surface area contributed by atoms with Crippen LogP contribution < -0.4 is 11.1 Å². The summed E-state index contributed by atoms with van der Waals surface area (Å²) in [7, 11) is 0. The molecule has 4 nitrogen and oxygen atoms in total. The van der Waals surface area contributed by atoms with Crippen LogP contribution in [0.3, 0.4) is 0 Å². The predicted octanol–water partition coefficient (Wildman–Crippen LogP) is 0.716. The van der Waals surface area contributed by atoms with E-state index in [0.29, 0.717) is 19.1 Å². The molecule has 94 valence electrons. The number of nitrogens with two attached hydrogens (primary N) is 1. The Labute approximate surface area is 98.6 Å². The van der Waals surface area contributed by atoms with E-state index >= 15 is 0 Å². The molecule has 0 bridgehead atoms. The van der Waals surface area contributed by atoms with E-state index in [1.54, 1.807) is 0 Å². The molecule has 16 heavy (non-hydrogen) atoms. The lowest BCUT2D eigenvalue weighted by Gasteiger charge is -2.20. The molecule has 0 saturated heterocycles. The summed E-state index contributed by atoms with van der Waals surface area (Å²) in [6, 6.07) is 0.642. The molecule has 4 heteroatoms. The molecule has 0 aromatic carbocycles. The Morgan fingerprint density at radius 3 is 2.75 bits per heavy atom. The van der Waals surface area contributed by atoms with E-state index in [1.165, 1.54) is 12.8 Å². The van der Waals surface area contributed by atoms with Gasteiger partial charge in [-0.25, -0.2) is 0 Å². The van der Waals surface area contributed by atoms with Crippen LogP contribution in [-0.4, -0.2) is 43.0 Å². The van der Waals surface area contributed by atoms with Crippen LogP contribution in [0.5, 0.6) is 0 Å². The number of hydrogen-bond donors (Lipinski definition) is 2. The summed E-state index contributed by atoms with van der Waals surface area (Å²) in [6.45, 7) is 5.16. The minimum absolute atomic E-state index is 0.164. The molecule has 1 aliphatic carbocycles. The van der Waals surface area contributed by atoms with Gasteiger partial charge in [-0.05, 0) is 32.2 Å². The van der Waals surface area contributed by atoms with Crippen molar-refractivity contribution in [2.75, 3.05) is 26.2 Å². The lowest BCUT2D eigenvalue weighted by atomic mass is 10.3. The maximum absolute atomic E-state index is 11.6. The molecule has 1 fully saturated rings. The summed E-state index contributed by atoms with van der Waals surface area (Å²) in [5.74, 6) is 0.164. The lowest BCUT2D eigenvalue weighted by Crippen LogP contribution is -2.39. The third kappa shape index (κ3) is 5.47. The fraction of sp³-hybridized carbons (Fsp3) is 0.917. The van der Waals surface area contributed by atoms with Crippen LogP contribution in [-0.2, 0) is 4.79 Å². The van der Waals surface area contributed by atoms with Gasteiger partial charge in [-0.3, -0.25) is 9.69 Å². The summed E-state index contributed by atoms with van der Waals surface area (Å²) < 4.78 is 0. The average molecular weight is 227 g/mol. The molecule has 0 heterocycles. The van der Waals surface area contributed by atoms with Crippen molar-refractivity contribution in [2.24, 2.45) is 5.73 Å². The van der Waals surface area contributed by atoms with Crippen LogP contribution >= 0.6 is 0 Å². The second-order valence-electron chi connectivity index (χ2n) is 4.55. The minimum Gasteiger partial charge on any atom is -0.355 e. The molecule has 0 aromatic heterocycles. The largest absolute Gasteiger partial charge is 0.355 e. The molecular weight excluding hydrogens is 202 g/mol. The van der Waals surface area contributed by atoms with E-state index in [0.717, 1.165) is 32.4 Å². The molecule has 0 atom stereocenters. The highest BCUT2D eigenvalue weighted by Crippen LogP contribution is 2.26. The van der Waals surface area contributed by atoms with Crippen LogP contribution in [0.25, 0.3) is 0 Å². The molecule has 0 aliphatic heterocycles. The zero-order valence-corrected chi connectivity index (χ0v) is 10.4. The third-order valence-electron chi connectivity index (χ3n) is 2.91. The number of carbonyl (C=O) groups is 1. The van der Waals surface area contributed by atoms with Crippen molar-refractivity contribution in [1.82, 2.24) is 10.2 Å². The van der Waals surface area contributed by atoms with Crippen molar-refractivity contribution < 1.29 is 4.79 Å². The fourth-order valence-electron chi connectivity index (χ4n) is 1.77. The molecule has 0 aromatic rings. The first-order valence-corrected chi connectivity index (χ1v) is 6.48. The highest BCUT2D eigenvalue weighted by Gasteiger charge is 2.29. The van der Waals surface area contributed by atoms with Gasteiger partial charge in [0.15, 0.2) is 0 Å². The summed E-state index contributed by atoms with van der Waals surface area (Å²) in [5, 5.41) is 2.96. The van der Waals surface area contributed by atoms with Gasteiger partial charge in [0, 0.05) is 19.1 Å². The van der Waals surface area contributed by atoms with E-state index < -0.39 is 0 Å². The summed E-state index contributed by atoms with van der Waals surface area (Å²) >= 11 is 0. The molecule has 1 amide bonds. The Balaban J connectivity index is 2.16. The van der Waals surface area contributed by atoms with Crippen molar-refractivity contribution in [2.45, 2.75) is 45.1 Å². The van der Waals surface area contributed by atoms with Crippen LogP contribution in [0.1, 0.15) is 39.0 Å². The van der Waals surface area contributed by atoms with Crippen LogP contribution in [0, 0.1) is 0 Å². The molecule has 3 N–H and O–H groups in total. The standard InChI is InChI=1S/C12H25N3O/c1-2-3-8-14-12(16)10-15(9-4-7-13)11-5-6-11/h11H,2-10,13H2,1H3,(H,14,16). The summed E-state index contributed by atoms with van der Waals surface area (Å²) in [5.41, 5.74) is 5.50. The smallest absolute Gasteiger partial charge is 0.234 e. The molecular formula is C12H25N3O. The average Bonchev–Trinajstić information content (AvgIpc) is 3.08. The van der Waals surface area contributed by atoms with E-state index in [9.17, 15) is 4.79 Å². The number of nitrogens with one attached hydrogen (secondary N) is 1. The van der Waals surface area contributed by atoms with Crippen molar-refractivity contribution in [3.63, 3.8) is 0 Å². The number of nitrogens with zero attached hydrogens (tertiary/aromatic N) is 1. The van der Waals surface area contributed by atoms with E-state index in [-0.39, 0.29) is 5.91 Å². The van der Waals surface area contributed by atoms with Gasteiger partial charge in [-0.1, -0.05) is 13.3 Å². The van der Waals surface area contributed by atoms with Crippen LogP contribution in [0.2, 0.25) is 0 Å². The minimum atomic E-state index is 0.164. The van der Waals surface area contributed by atoms with E-state index in [2.05, 4.69) is 17.1 Å². The number of carbonyl (C=O) groups excluding carboxylic acids is 1. The number of amides is 1. The van der Waals surface area contributed by atoms with E-state index in [4.69, 9.17) is 5.73 Å². The highest BCUT2D eigenvalue weighted by atomic mass is 16.2. The molecule has 1 aliphatic rings. The first-order valence-electron chi connectivity index (χ1n) is 6.48. The van der Waals surface area contributed by atoms with Gasteiger partial charge >= 0.3 is 0 Å². The first kappa shape index (κ1) is 13.5. The van der Waals surface area contributed by atoms with Crippen molar-refractivity contribution in [1.29, 1.82) is 0 Å². The Morgan fingerprint density at radius 2 is 2.19 bits per heavy atom. The van der Waals surface area contributed by atoms with Crippen molar-refractivity contribution >= 4 is 5.91 Å². The highest BCUT2D eigenvalue weighted by molar-refractivity contribution is 5.78. The molecule has 0 spiro atoms. The van der Waals surface area contributed by atoms with Gasteiger partial charge in [0.05, 0.1) is 6.54 Å². The van der Waals surface area contributed by atoms with Crippen molar-refractivity contribution in [3.05, 3.63) is 0 Å². The zero-order valence-electron chi connectivity index (χ0n) is 10.4.